The molecule has 2 atom stereocenters. The summed E-state index contributed by atoms with van der Waals surface area (Å²) in [4.78, 5) is 14.3. The summed E-state index contributed by atoms with van der Waals surface area (Å²) >= 11 is 0. The van der Waals surface area contributed by atoms with E-state index in [-0.39, 0.29) is 30.9 Å². The summed E-state index contributed by atoms with van der Waals surface area (Å²) in [6.45, 7) is 4.16. The van der Waals surface area contributed by atoms with Crippen LogP contribution >= 0.6 is 0 Å². The average Bonchev–Trinajstić information content (AvgIpc) is 3.02. The monoisotopic (exact) mass is 317 g/mol. The molecule has 6 heteroatoms. The van der Waals surface area contributed by atoms with E-state index in [0.717, 1.165) is 11.4 Å². The zero-order valence-corrected chi connectivity index (χ0v) is 13.2. The summed E-state index contributed by atoms with van der Waals surface area (Å²) in [5, 5.41) is 14.3. The summed E-state index contributed by atoms with van der Waals surface area (Å²) in [6, 6.07) is 7.82. The van der Waals surface area contributed by atoms with Crippen molar-refractivity contribution in [2.24, 2.45) is 0 Å². The molecule has 1 aromatic carbocycles. The topological polar surface area (TPSA) is 58.4 Å². The van der Waals surface area contributed by atoms with Crippen molar-refractivity contribution < 1.29 is 14.3 Å². The number of amides is 1. The second kappa shape index (κ2) is 6.12. The highest BCUT2D eigenvalue weighted by Gasteiger charge is 2.35. The number of halogens is 1. The Bertz CT molecular complexity index is 728. The number of rotatable bonds is 3. The SMILES string of the molecule is Cc1cc(C)n(CC(=O)N2C[C@H](O)C[C@@H]2c2cccc(F)c2)n1. The van der Waals surface area contributed by atoms with Gasteiger partial charge in [0.2, 0.25) is 5.91 Å². The van der Waals surface area contributed by atoms with E-state index in [1.54, 1.807) is 21.7 Å². The number of aryl methyl sites for hydroxylation is 2. The van der Waals surface area contributed by atoms with Crippen molar-refractivity contribution in [3.63, 3.8) is 0 Å². The van der Waals surface area contributed by atoms with Crippen molar-refractivity contribution in [1.29, 1.82) is 0 Å². The highest BCUT2D eigenvalue weighted by atomic mass is 19.1. The van der Waals surface area contributed by atoms with E-state index < -0.39 is 6.10 Å². The third-order valence-electron chi connectivity index (χ3n) is 4.22. The van der Waals surface area contributed by atoms with E-state index >= 15 is 0 Å². The Morgan fingerprint density at radius 1 is 1.39 bits per heavy atom. The molecule has 0 aliphatic carbocycles. The minimum absolute atomic E-state index is 0.123. The molecule has 1 aromatic heterocycles. The maximum Gasteiger partial charge on any atom is 0.244 e. The smallest absolute Gasteiger partial charge is 0.244 e. The van der Waals surface area contributed by atoms with Crippen LogP contribution in [-0.2, 0) is 11.3 Å². The minimum Gasteiger partial charge on any atom is -0.391 e. The molecule has 122 valence electrons. The number of β-amino-alcohol motifs (C(OH)–C–C–N with tert-alkyl or cyclic N) is 1. The first kappa shape index (κ1) is 15.7. The van der Waals surface area contributed by atoms with Crippen molar-refractivity contribution in [3.8, 4) is 0 Å². The molecule has 0 radical (unpaired) electrons. The van der Waals surface area contributed by atoms with Gasteiger partial charge in [0.15, 0.2) is 0 Å². The molecule has 3 rings (SSSR count). The Kier molecular flexibility index (Phi) is 4.17. The number of nitrogens with zero attached hydrogens (tertiary/aromatic N) is 3. The van der Waals surface area contributed by atoms with Gasteiger partial charge in [-0.3, -0.25) is 9.48 Å². The third-order valence-corrected chi connectivity index (χ3v) is 4.22. The molecular formula is C17H20FN3O2. The van der Waals surface area contributed by atoms with Gasteiger partial charge in [-0.2, -0.15) is 5.10 Å². The normalized spacial score (nSPS) is 21.0. The fourth-order valence-corrected chi connectivity index (χ4v) is 3.17. The van der Waals surface area contributed by atoms with E-state index in [1.807, 2.05) is 19.9 Å². The zero-order chi connectivity index (χ0) is 16.6. The van der Waals surface area contributed by atoms with Gasteiger partial charge >= 0.3 is 0 Å². The summed E-state index contributed by atoms with van der Waals surface area (Å²) < 4.78 is 15.1. The lowest BCUT2D eigenvalue weighted by Gasteiger charge is -2.25. The number of carbonyl (C=O) groups is 1. The highest BCUT2D eigenvalue weighted by Crippen LogP contribution is 2.32. The molecule has 0 spiro atoms. The van der Waals surface area contributed by atoms with E-state index in [0.29, 0.717) is 12.0 Å². The van der Waals surface area contributed by atoms with Crippen LogP contribution in [0.25, 0.3) is 0 Å². The number of carbonyl (C=O) groups excluding carboxylic acids is 1. The summed E-state index contributed by atoms with van der Waals surface area (Å²) in [5.41, 5.74) is 2.49. The van der Waals surface area contributed by atoms with Gasteiger partial charge in [-0.15, -0.1) is 0 Å². The molecule has 2 heterocycles. The first-order chi connectivity index (χ1) is 10.9. The van der Waals surface area contributed by atoms with Crippen LogP contribution in [0.1, 0.15) is 29.4 Å². The van der Waals surface area contributed by atoms with Crippen molar-refractivity contribution in [2.75, 3.05) is 6.54 Å². The first-order valence-electron chi connectivity index (χ1n) is 7.68. The summed E-state index contributed by atoms with van der Waals surface area (Å²) in [6.07, 6.45) is -0.167. The lowest BCUT2D eigenvalue weighted by molar-refractivity contribution is -0.133. The zero-order valence-electron chi connectivity index (χ0n) is 13.2. The number of aromatic nitrogens is 2. The number of aliphatic hydroxyl groups is 1. The predicted molar refractivity (Wildman–Crippen MR) is 83.2 cm³/mol. The Labute approximate surface area is 134 Å². The second-order valence-corrected chi connectivity index (χ2v) is 6.09. The highest BCUT2D eigenvalue weighted by molar-refractivity contribution is 5.77. The second-order valence-electron chi connectivity index (χ2n) is 6.09. The first-order valence-corrected chi connectivity index (χ1v) is 7.68. The molecule has 1 N–H and O–H groups in total. The summed E-state index contributed by atoms with van der Waals surface area (Å²) in [7, 11) is 0. The molecule has 1 amide bonds. The van der Waals surface area contributed by atoms with Gasteiger partial charge in [0.1, 0.15) is 12.4 Å². The van der Waals surface area contributed by atoms with Gasteiger partial charge in [0.05, 0.1) is 17.8 Å². The van der Waals surface area contributed by atoms with Gasteiger partial charge in [-0.1, -0.05) is 12.1 Å². The molecule has 0 bridgehead atoms. The molecular weight excluding hydrogens is 297 g/mol. The van der Waals surface area contributed by atoms with Gasteiger partial charge < -0.3 is 10.0 Å². The number of hydrogen-bond donors (Lipinski definition) is 1. The minimum atomic E-state index is -0.590. The van der Waals surface area contributed by atoms with Crippen molar-refractivity contribution in [1.82, 2.24) is 14.7 Å². The summed E-state index contributed by atoms with van der Waals surface area (Å²) in [5.74, 6) is -0.461. The standard InChI is InChI=1S/C17H20FN3O2/c1-11-6-12(2)21(19-11)10-17(23)20-9-15(22)8-16(20)13-4-3-5-14(18)7-13/h3-7,15-16,22H,8-10H2,1-2H3/t15-,16-/m1/s1. The van der Waals surface area contributed by atoms with Crippen LogP contribution in [0.2, 0.25) is 0 Å². The maximum absolute atomic E-state index is 13.5. The van der Waals surface area contributed by atoms with Crippen LogP contribution in [0.15, 0.2) is 30.3 Å². The largest absolute Gasteiger partial charge is 0.391 e. The lowest BCUT2D eigenvalue weighted by atomic mass is 10.0. The Morgan fingerprint density at radius 2 is 2.17 bits per heavy atom. The quantitative estimate of drug-likeness (QED) is 0.941. The van der Waals surface area contributed by atoms with Crippen molar-refractivity contribution >= 4 is 5.91 Å². The fraction of sp³-hybridized carbons (Fsp3) is 0.412. The molecule has 1 aliphatic heterocycles. The van der Waals surface area contributed by atoms with Crippen LogP contribution in [0.4, 0.5) is 4.39 Å². The molecule has 23 heavy (non-hydrogen) atoms. The van der Waals surface area contributed by atoms with E-state index in [1.165, 1.54) is 12.1 Å². The number of benzene rings is 1. The molecule has 2 aromatic rings. The van der Waals surface area contributed by atoms with E-state index in [2.05, 4.69) is 5.10 Å². The molecule has 1 aliphatic rings. The molecule has 0 saturated carbocycles. The fourth-order valence-electron chi connectivity index (χ4n) is 3.17. The van der Waals surface area contributed by atoms with Crippen molar-refractivity contribution in [2.45, 2.75) is 39.0 Å². The average molecular weight is 317 g/mol. The van der Waals surface area contributed by atoms with Crippen molar-refractivity contribution in [3.05, 3.63) is 53.1 Å². The number of hydrogen-bond acceptors (Lipinski definition) is 3. The van der Waals surface area contributed by atoms with Crippen LogP contribution in [0, 0.1) is 19.7 Å². The van der Waals surface area contributed by atoms with Gasteiger partial charge in [0.25, 0.3) is 0 Å². The van der Waals surface area contributed by atoms with Crippen LogP contribution in [0.3, 0.4) is 0 Å². The van der Waals surface area contributed by atoms with Gasteiger partial charge in [-0.25, -0.2) is 4.39 Å². The lowest BCUT2D eigenvalue weighted by Crippen LogP contribution is -2.35. The van der Waals surface area contributed by atoms with Gasteiger partial charge in [0, 0.05) is 12.2 Å². The van der Waals surface area contributed by atoms with Crippen LogP contribution in [0.5, 0.6) is 0 Å². The molecule has 1 fully saturated rings. The Balaban J connectivity index is 1.81. The predicted octanol–water partition coefficient (Wildman–Crippen LogP) is 1.97. The Hall–Kier alpha value is -2.21. The van der Waals surface area contributed by atoms with E-state index in [9.17, 15) is 14.3 Å². The van der Waals surface area contributed by atoms with E-state index in [4.69, 9.17) is 0 Å². The molecule has 1 saturated heterocycles. The molecule has 5 nitrogen and oxygen atoms in total. The number of likely N-dealkylation sites (tertiary alicyclic amines) is 1. The third kappa shape index (κ3) is 3.27. The van der Waals surface area contributed by atoms with Crippen LogP contribution < -0.4 is 0 Å². The van der Waals surface area contributed by atoms with Gasteiger partial charge in [-0.05, 0) is 44.0 Å². The Morgan fingerprint density at radius 3 is 2.83 bits per heavy atom. The molecule has 0 unspecified atom stereocenters. The number of aliphatic hydroxyl groups excluding tert-OH is 1. The van der Waals surface area contributed by atoms with Crippen LogP contribution in [-0.4, -0.2) is 38.3 Å². The maximum atomic E-state index is 13.5.